The molecule has 1 saturated heterocycles. The Morgan fingerprint density at radius 2 is 2.19 bits per heavy atom. The number of hydrogen-bond acceptors (Lipinski definition) is 3. The van der Waals surface area contributed by atoms with Crippen LogP contribution in [0.25, 0.3) is 6.08 Å². The Balaban J connectivity index is 2.06. The minimum absolute atomic E-state index is 0.170. The van der Waals surface area contributed by atoms with Crippen LogP contribution < -0.4 is 10.6 Å². The van der Waals surface area contributed by atoms with Crippen LogP contribution in [0, 0.1) is 0 Å². The van der Waals surface area contributed by atoms with Crippen LogP contribution >= 0.6 is 0 Å². The molecule has 1 heterocycles. The average Bonchev–Trinajstić information content (AvgIpc) is 2.48. The summed E-state index contributed by atoms with van der Waals surface area (Å²) in [6, 6.07) is 6.05. The maximum Gasteiger partial charge on any atom is 0.328 e. The molecule has 0 aromatic heterocycles. The molecule has 6 nitrogen and oxygen atoms in total. The van der Waals surface area contributed by atoms with Crippen molar-refractivity contribution in [3.05, 3.63) is 41.5 Å². The van der Waals surface area contributed by atoms with E-state index in [4.69, 9.17) is 5.11 Å². The topological polar surface area (TPSA) is 95.5 Å². The zero-order valence-electron chi connectivity index (χ0n) is 11.3. The Kier molecular flexibility index (Phi) is 4.71. The largest absolute Gasteiger partial charge is 0.478 e. The number of rotatable bonds is 4. The molecule has 1 unspecified atom stereocenters. The maximum absolute atomic E-state index is 12.1. The van der Waals surface area contributed by atoms with Crippen molar-refractivity contribution in [2.75, 3.05) is 6.54 Å². The second-order valence-corrected chi connectivity index (χ2v) is 4.76. The predicted molar refractivity (Wildman–Crippen MR) is 76.6 cm³/mol. The molecule has 6 heteroatoms. The fourth-order valence-corrected chi connectivity index (χ4v) is 2.10. The molecule has 0 radical (unpaired) electrons. The van der Waals surface area contributed by atoms with Gasteiger partial charge in [0.25, 0.3) is 5.91 Å². The summed E-state index contributed by atoms with van der Waals surface area (Å²) in [5.74, 6) is -1.57. The van der Waals surface area contributed by atoms with Gasteiger partial charge >= 0.3 is 5.97 Å². The zero-order chi connectivity index (χ0) is 15.2. The van der Waals surface area contributed by atoms with Crippen LogP contribution in [0.2, 0.25) is 0 Å². The summed E-state index contributed by atoms with van der Waals surface area (Å²) in [6.07, 6.45) is 3.87. The predicted octanol–water partition coefficient (Wildman–Crippen LogP) is 0.793. The van der Waals surface area contributed by atoms with E-state index in [0.717, 1.165) is 12.5 Å². The van der Waals surface area contributed by atoms with Gasteiger partial charge < -0.3 is 15.7 Å². The normalized spacial score (nSPS) is 18.3. The van der Waals surface area contributed by atoms with Gasteiger partial charge in [-0.2, -0.15) is 0 Å². The van der Waals surface area contributed by atoms with E-state index in [-0.39, 0.29) is 11.8 Å². The van der Waals surface area contributed by atoms with Crippen LogP contribution in [-0.2, 0) is 9.59 Å². The van der Waals surface area contributed by atoms with E-state index >= 15 is 0 Å². The molecule has 1 aromatic carbocycles. The van der Waals surface area contributed by atoms with Crippen molar-refractivity contribution < 1.29 is 19.5 Å². The molecule has 0 bridgehead atoms. The van der Waals surface area contributed by atoms with Gasteiger partial charge in [0.1, 0.15) is 6.04 Å². The van der Waals surface area contributed by atoms with Crippen molar-refractivity contribution in [3.63, 3.8) is 0 Å². The van der Waals surface area contributed by atoms with Crippen molar-refractivity contribution in [1.29, 1.82) is 0 Å². The molecule has 0 aliphatic carbocycles. The number of piperidine rings is 1. The number of benzene rings is 1. The quantitative estimate of drug-likeness (QED) is 0.714. The molecule has 1 aromatic rings. The molecular formula is C15H16N2O4. The molecule has 0 saturated carbocycles. The van der Waals surface area contributed by atoms with E-state index in [2.05, 4.69) is 10.6 Å². The van der Waals surface area contributed by atoms with Crippen LogP contribution in [0.1, 0.15) is 28.8 Å². The van der Waals surface area contributed by atoms with Gasteiger partial charge in [0.05, 0.1) is 0 Å². The lowest BCUT2D eigenvalue weighted by Gasteiger charge is -2.22. The fraction of sp³-hybridized carbons (Fsp3) is 0.267. The Labute approximate surface area is 121 Å². The highest BCUT2D eigenvalue weighted by Crippen LogP contribution is 2.09. The maximum atomic E-state index is 12.1. The van der Waals surface area contributed by atoms with Crippen molar-refractivity contribution in [3.8, 4) is 0 Å². The number of carbonyl (C=O) groups excluding carboxylic acids is 2. The molecule has 1 aliphatic rings. The number of carbonyl (C=O) groups is 3. The zero-order valence-corrected chi connectivity index (χ0v) is 11.3. The Morgan fingerprint density at radius 3 is 2.90 bits per heavy atom. The third-order valence-electron chi connectivity index (χ3n) is 3.16. The molecule has 1 aliphatic heterocycles. The lowest BCUT2D eigenvalue weighted by Crippen LogP contribution is -2.50. The summed E-state index contributed by atoms with van der Waals surface area (Å²) in [6.45, 7) is 0.640. The third kappa shape index (κ3) is 4.17. The second kappa shape index (κ2) is 6.69. The number of nitrogens with one attached hydrogen (secondary N) is 2. The molecule has 2 rings (SSSR count). The number of hydrogen-bond donors (Lipinski definition) is 3. The van der Waals surface area contributed by atoms with Gasteiger partial charge in [0.15, 0.2) is 0 Å². The molecule has 1 atom stereocenters. The monoisotopic (exact) mass is 288 g/mol. The average molecular weight is 288 g/mol. The van der Waals surface area contributed by atoms with Gasteiger partial charge in [-0.3, -0.25) is 9.59 Å². The highest BCUT2D eigenvalue weighted by atomic mass is 16.4. The summed E-state index contributed by atoms with van der Waals surface area (Å²) in [5, 5.41) is 14.0. The van der Waals surface area contributed by atoms with Crippen LogP contribution in [0.15, 0.2) is 30.3 Å². The highest BCUT2D eigenvalue weighted by molar-refractivity contribution is 5.98. The van der Waals surface area contributed by atoms with Crippen LogP contribution in [0.3, 0.4) is 0 Å². The standard InChI is InChI=1S/C15H16N2O4/c18-13(19)7-6-10-3-1-4-11(9-10)14(20)17-12-5-2-8-16-15(12)21/h1,3-4,6-7,9,12H,2,5,8H2,(H,16,21)(H,17,20)(H,18,19). The summed E-state index contributed by atoms with van der Waals surface area (Å²) < 4.78 is 0. The van der Waals surface area contributed by atoms with E-state index in [1.807, 2.05) is 0 Å². The van der Waals surface area contributed by atoms with Gasteiger partial charge in [-0.15, -0.1) is 0 Å². The minimum atomic E-state index is -1.05. The highest BCUT2D eigenvalue weighted by Gasteiger charge is 2.23. The van der Waals surface area contributed by atoms with Crippen molar-refractivity contribution in [1.82, 2.24) is 10.6 Å². The van der Waals surface area contributed by atoms with Gasteiger partial charge in [0, 0.05) is 18.2 Å². The third-order valence-corrected chi connectivity index (χ3v) is 3.16. The lowest BCUT2D eigenvalue weighted by molar-refractivity contribution is -0.131. The number of carboxylic acids is 1. The van der Waals surface area contributed by atoms with Gasteiger partial charge in [-0.25, -0.2) is 4.79 Å². The molecule has 2 amide bonds. The number of amides is 2. The van der Waals surface area contributed by atoms with Crippen LogP contribution in [0.5, 0.6) is 0 Å². The van der Waals surface area contributed by atoms with E-state index in [1.165, 1.54) is 6.08 Å². The Hall–Kier alpha value is -2.63. The first-order chi connectivity index (χ1) is 10.1. The SMILES string of the molecule is O=C(O)C=Cc1cccc(C(=O)NC2CCCNC2=O)c1. The molecule has 21 heavy (non-hydrogen) atoms. The first kappa shape index (κ1) is 14.8. The van der Waals surface area contributed by atoms with E-state index in [0.29, 0.717) is 24.1 Å². The van der Waals surface area contributed by atoms with E-state index in [9.17, 15) is 14.4 Å². The van der Waals surface area contributed by atoms with Gasteiger partial charge in [0.2, 0.25) is 5.91 Å². The fourth-order valence-electron chi connectivity index (χ4n) is 2.10. The van der Waals surface area contributed by atoms with E-state index in [1.54, 1.807) is 24.3 Å². The molecule has 1 fully saturated rings. The smallest absolute Gasteiger partial charge is 0.328 e. The van der Waals surface area contributed by atoms with Crippen LogP contribution in [0.4, 0.5) is 0 Å². The first-order valence-corrected chi connectivity index (χ1v) is 6.66. The summed E-state index contributed by atoms with van der Waals surface area (Å²) in [4.78, 5) is 34.2. The van der Waals surface area contributed by atoms with Crippen LogP contribution in [-0.4, -0.2) is 35.5 Å². The molecule has 3 N–H and O–H groups in total. The summed E-state index contributed by atoms with van der Waals surface area (Å²) in [5.41, 5.74) is 0.999. The summed E-state index contributed by atoms with van der Waals surface area (Å²) >= 11 is 0. The minimum Gasteiger partial charge on any atom is -0.478 e. The van der Waals surface area contributed by atoms with Gasteiger partial charge in [-0.05, 0) is 36.6 Å². The van der Waals surface area contributed by atoms with Crippen molar-refractivity contribution in [2.45, 2.75) is 18.9 Å². The first-order valence-electron chi connectivity index (χ1n) is 6.66. The van der Waals surface area contributed by atoms with E-state index < -0.39 is 12.0 Å². The lowest BCUT2D eigenvalue weighted by atomic mass is 10.1. The van der Waals surface area contributed by atoms with Crippen molar-refractivity contribution in [2.24, 2.45) is 0 Å². The Bertz CT molecular complexity index is 595. The number of carboxylic acid groups (broad SMARTS) is 1. The molecular weight excluding hydrogens is 272 g/mol. The Morgan fingerprint density at radius 1 is 1.38 bits per heavy atom. The second-order valence-electron chi connectivity index (χ2n) is 4.76. The number of aliphatic carboxylic acids is 1. The van der Waals surface area contributed by atoms with Crippen molar-refractivity contribution >= 4 is 23.9 Å². The van der Waals surface area contributed by atoms with Gasteiger partial charge in [-0.1, -0.05) is 12.1 Å². The summed E-state index contributed by atoms with van der Waals surface area (Å²) in [7, 11) is 0. The molecule has 110 valence electrons. The molecule has 0 spiro atoms.